The molecule has 1 saturated heterocycles. The molecule has 5 heteroatoms. The van der Waals surface area contributed by atoms with Crippen molar-refractivity contribution in [3.8, 4) is 0 Å². The Morgan fingerprint density at radius 3 is 2.73 bits per heavy atom. The van der Waals surface area contributed by atoms with Crippen molar-refractivity contribution in [2.75, 3.05) is 13.2 Å². The van der Waals surface area contributed by atoms with E-state index >= 15 is 0 Å². The van der Waals surface area contributed by atoms with Gasteiger partial charge in [-0.25, -0.2) is 0 Å². The van der Waals surface area contributed by atoms with Crippen molar-refractivity contribution >= 4 is 0 Å². The smallest absolute Gasteiger partial charge is 0.381 e. The average Bonchev–Trinajstić information content (AvgIpc) is 2.28. The minimum absolute atomic E-state index is 0.171. The summed E-state index contributed by atoms with van der Waals surface area (Å²) in [5.74, 6) is 0. The standard InChI is InChI=1S/C10H18F3NO/c1-8(7-10(11,12)13)14-9-3-2-5-15-6-4-9/h8-9,14H,2-7H2,1H3. The highest BCUT2D eigenvalue weighted by Crippen LogP contribution is 2.22. The van der Waals surface area contributed by atoms with E-state index in [0.717, 1.165) is 25.9 Å². The summed E-state index contributed by atoms with van der Waals surface area (Å²) < 4.78 is 41.5. The summed E-state index contributed by atoms with van der Waals surface area (Å²) in [6.07, 6.45) is -2.20. The first-order valence-corrected chi connectivity index (χ1v) is 5.38. The molecule has 2 nitrogen and oxygen atoms in total. The van der Waals surface area contributed by atoms with E-state index in [-0.39, 0.29) is 6.04 Å². The molecule has 1 N–H and O–H groups in total. The lowest BCUT2D eigenvalue weighted by Crippen LogP contribution is -2.39. The number of halogens is 3. The van der Waals surface area contributed by atoms with Crippen LogP contribution in [0.25, 0.3) is 0 Å². The van der Waals surface area contributed by atoms with E-state index in [0.29, 0.717) is 6.61 Å². The minimum atomic E-state index is -4.08. The fourth-order valence-electron chi connectivity index (χ4n) is 1.88. The monoisotopic (exact) mass is 225 g/mol. The van der Waals surface area contributed by atoms with Crippen LogP contribution in [-0.4, -0.2) is 31.5 Å². The molecule has 1 aliphatic heterocycles. The van der Waals surface area contributed by atoms with Gasteiger partial charge in [0.1, 0.15) is 0 Å². The summed E-state index contributed by atoms with van der Waals surface area (Å²) in [5.41, 5.74) is 0. The molecule has 1 heterocycles. The second-order valence-electron chi connectivity index (χ2n) is 4.13. The van der Waals surface area contributed by atoms with E-state index in [9.17, 15) is 13.2 Å². The first-order valence-electron chi connectivity index (χ1n) is 5.38. The van der Waals surface area contributed by atoms with Gasteiger partial charge in [0, 0.05) is 25.3 Å². The highest BCUT2D eigenvalue weighted by molar-refractivity contribution is 4.75. The summed E-state index contributed by atoms with van der Waals surface area (Å²) >= 11 is 0. The Bertz CT molecular complexity index is 176. The molecule has 2 atom stereocenters. The summed E-state index contributed by atoms with van der Waals surface area (Å²) in [4.78, 5) is 0. The van der Waals surface area contributed by atoms with Crippen molar-refractivity contribution in [1.82, 2.24) is 5.32 Å². The molecule has 0 aliphatic carbocycles. The van der Waals surface area contributed by atoms with Crippen LogP contribution in [0.5, 0.6) is 0 Å². The molecule has 2 unspecified atom stereocenters. The van der Waals surface area contributed by atoms with Gasteiger partial charge in [0.25, 0.3) is 0 Å². The maximum Gasteiger partial charge on any atom is 0.390 e. The number of ether oxygens (including phenoxy) is 1. The van der Waals surface area contributed by atoms with Gasteiger partial charge < -0.3 is 10.1 Å². The third-order valence-electron chi connectivity index (χ3n) is 2.51. The molecule has 0 aromatic rings. The quantitative estimate of drug-likeness (QED) is 0.796. The van der Waals surface area contributed by atoms with Crippen molar-refractivity contribution in [2.24, 2.45) is 0 Å². The van der Waals surface area contributed by atoms with Crippen molar-refractivity contribution in [3.63, 3.8) is 0 Å². The van der Waals surface area contributed by atoms with Crippen LogP contribution in [0, 0.1) is 0 Å². The van der Waals surface area contributed by atoms with Gasteiger partial charge in [-0.05, 0) is 26.2 Å². The van der Waals surface area contributed by atoms with Gasteiger partial charge in [0.05, 0.1) is 6.42 Å². The van der Waals surface area contributed by atoms with Crippen molar-refractivity contribution in [3.05, 3.63) is 0 Å². The molecule has 0 aromatic carbocycles. The van der Waals surface area contributed by atoms with Crippen molar-refractivity contribution < 1.29 is 17.9 Å². The number of rotatable bonds is 3. The van der Waals surface area contributed by atoms with Gasteiger partial charge in [-0.2, -0.15) is 13.2 Å². The Hall–Kier alpha value is -0.290. The average molecular weight is 225 g/mol. The lowest BCUT2D eigenvalue weighted by molar-refractivity contribution is -0.139. The molecule has 0 saturated carbocycles. The summed E-state index contributed by atoms with van der Waals surface area (Å²) in [6, 6.07) is -0.335. The van der Waals surface area contributed by atoms with Gasteiger partial charge in [0.15, 0.2) is 0 Å². The van der Waals surface area contributed by atoms with Crippen LogP contribution in [0.1, 0.15) is 32.6 Å². The van der Waals surface area contributed by atoms with Crippen LogP contribution in [-0.2, 0) is 4.74 Å². The van der Waals surface area contributed by atoms with E-state index in [2.05, 4.69) is 5.32 Å². The van der Waals surface area contributed by atoms with E-state index in [4.69, 9.17) is 4.74 Å². The Kier molecular flexibility index (Phi) is 4.86. The van der Waals surface area contributed by atoms with Gasteiger partial charge in [-0.3, -0.25) is 0 Å². The second kappa shape index (κ2) is 5.70. The molecule has 1 fully saturated rings. The number of alkyl halides is 3. The van der Waals surface area contributed by atoms with Crippen molar-refractivity contribution in [1.29, 1.82) is 0 Å². The Morgan fingerprint density at radius 2 is 2.07 bits per heavy atom. The highest BCUT2D eigenvalue weighted by Gasteiger charge is 2.30. The molecule has 90 valence electrons. The third kappa shape index (κ3) is 5.99. The maximum atomic E-state index is 12.1. The molecule has 0 spiro atoms. The van der Waals surface area contributed by atoms with Gasteiger partial charge in [-0.1, -0.05) is 0 Å². The predicted molar refractivity (Wildman–Crippen MR) is 51.7 cm³/mol. The first-order chi connectivity index (χ1) is 6.97. The largest absolute Gasteiger partial charge is 0.390 e. The zero-order valence-corrected chi connectivity index (χ0v) is 8.94. The molecule has 0 bridgehead atoms. The highest BCUT2D eigenvalue weighted by atomic mass is 19.4. The number of nitrogens with one attached hydrogen (secondary N) is 1. The van der Waals surface area contributed by atoms with Crippen LogP contribution in [0.15, 0.2) is 0 Å². The number of hydrogen-bond acceptors (Lipinski definition) is 2. The van der Waals surface area contributed by atoms with Crippen LogP contribution in [0.3, 0.4) is 0 Å². The van der Waals surface area contributed by atoms with E-state index in [1.807, 2.05) is 0 Å². The lowest BCUT2D eigenvalue weighted by atomic mass is 10.1. The first kappa shape index (κ1) is 12.8. The molecule has 15 heavy (non-hydrogen) atoms. The SMILES string of the molecule is CC(CC(F)(F)F)NC1CCCOCC1. The summed E-state index contributed by atoms with van der Waals surface area (Å²) in [6.45, 7) is 2.96. The van der Waals surface area contributed by atoms with E-state index in [1.165, 1.54) is 0 Å². The summed E-state index contributed by atoms with van der Waals surface area (Å²) in [7, 11) is 0. The Morgan fingerprint density at radius 1 is 1.33 bits per heavy atom. The van der Waals surface area contributed by atoms with E-state index < -0.39 is 18.6 Å². The predicted octanol–water partition coefficient (Wildman–Crippen LogP) is 2.49. The van der Waals surface area contributed by atoms with Crippen LogP contribution < -0.4 is 5.32 Å². The fraction of sp³-hybridized carbons (Fsp3) is 1.00. The van der Waals surface area contributed by atoms with Gasteiger partial charge in [-0.15, -0.1) is 0 Å². The fourth-order valence-corrected chi connectivity index (χ4v) is 1.88. The molecule has 1 aliphatic rings. The topological polar surface area (TPSA) is 21.3 Å². The van der Waals surface area contributed by atoms with E-state index in [1.54, 1.807) is 6.92 Å². The summed E-state index contributed by atoms with van der Waals surface area (Å²) in [5, 5.41) is 3.02. The van der Waals surface area contributed by atoms with Gasteiger partial charge in [0.2, 0.25) is 0 Å². The molecule has 0 aromatic heterocycles. The zero-order valence-electron chi connectivity index (χ0n) is 8.94. The normalized spacial score (nSPS) is 26.0. The van der Waals surface area contributed by atoms with Crippen LogP contribution >= 0.6 is 0 Å². The van der Waals surface area contributed by atoms with Crippen LogP contribution in [0.2, 0.25) is 0 Å². The second-order valence-corrected chi connectivity index (χ2v) is 4.13. The Balaban J connectivity index is 2.26. The molecule has 0 radical (unpaired) electrons. The Labute approximate surface area is 88.2 Å². The molecule has 0 amide bonds. The minimum Gasteiger partial charge on any atom is -0.381 e. The maximum absolute atomic E-state index is 12.1. The van der Waals surface area contributed by atoms with Crippen molar-refractivity contribution in [2.45, 2.75) is 50.9 Å². The van der Waals surface area contributed by atoms with Crippen LogP contribution in [0.4, 0.5) is 13.2 Å². The molecular formula is C10H18F3NO. The number of hydrogen-bond donors (Lipinski definition) is 1. The third-order valence-corrected chi connectivity index (χ3v) is 2.51. The lowest BCUT2D eigenvalue weighted by Gasteiger charge is -2.22. The molecule has 1 rings (SSSR count). The van der Waals surface area contributed by atoms with Gasteiger partial charge >= 0.3 is 6.18 Å². The zero-order chi connectivity index (χ0) is 11.3. The molecular weight excluding hydrogens is 207 g/mol.